The number of methoxy groups -OCH3 is 2. The van der Waals surface area contributed by atoms with Crippen LogP contribution in [0.2, 0.25) is 0 Å². The maximum absolute atomic E-state index is 13.5. The van der Waals surface area contributed by atoms with Gasteiger partial charge in [-0.15, -0.1) is 0 Å². The average molecular weight is 488 g/mol. The minimum absolute atomic E-state index is 0.0139. The van der Waals surface area contributed by atoms with Gasteiger partial charge in [0.15, 0.2) is 11.5 Å². The summed E-state index contributed by atoms with van der Waals surface area (Å²) in [6.45, 7) is 6.12. The number of carbonyl (C=O) groups excluding carboxylic acids is 2. The molecule has 7 nitrogen and oxygen atoms in total. The van der Waals surface area contributed by atoms with Gasteiger partial charge in [0.25, 0.3) is 11.7 Å². The number of anilines is 1. The van der Waals surface area contributed by atoms with E-state index in [0.29, 0.717) is 40.7 Å². The number of aliphatic hydroxyl groups excluding tert-OH is 1. The number of ether oxygens (including phenoxy) is 3. The molecule has 1 heterocycles. The van der Waals surface area contributed by atoms with Crippen LogP contribution in [0, 0.1) is 13.8 Å². The third kappa shape index (κ3) is 4.52. The zero-order chi connectivity index (χ0) is 26.0. The molecule has 0 aliphatic carbocycles. The fourth-order valence-electron chi connectivity index (χ4n) is 4.56. The van der Waals surface area contributed by atoms with E-state index in [9.17, 15) is 14.7 Å². The Balaban J connectivity index is 1.99. The molecular weight excluding hydrogens is 458 g/mol. The van der Waals surface area contributed by atoms with Crippen molar-refractivity contribution in [3.05, 3.63) is 88.5 Å². The van der Waals surface area contributed by atoms with Gasteiger partial charge in [-0.3, -0.25) is 14.5 Å². The first-order valence-electron chi connectivity index (χ1n) is 11.6. The fraction of sp³-hybridized carbons (Fsp3) is 0.241. The van der Waals surface area contributed by atoms with E-state index in [0.717, 1.165) is 11.1 Å². The molecule has 0 aromatic heterocycles. The van der Waals surface area contributed by atoms with Crippen molar-refractivity contribution in [2.45, 2.75) is 26.8 Å². The Morgan fingerprint density at radius 3 is 2.28 bits per heavy atom. The fourth-order valence-corrected chi connectivity index (χ4v) is 4.56. The minimum atomic E-state index is -0.887. The van der Waals surface area contributed by atoms with Crippen molar-refractivity contribution in [3.63, 3.8) is 0 Å². The van der Waals surface area contributed by atoms with Crippen molar-refractivity contribution in [1.29, 1.82) is 0 Å². The van der Waals surface area contributed by atoms with Crippen molar-refractivity contribution < 1.29 is 28.9 Å². The SMILES string of the molecule is CCOc1cc(C2/C(=C(/O)c3cccc(OC)c3)C(=O)C(=O)N2c2cc(C)cc(C)c2)ccc1OC. The molecule has 3 aromatic rings. The van der Waals surface area contributed by atoms with Crippen LogP contribution in [0.3, 0.4) is 0 Å². The molecule has 1 aliphatic rings. The quantitative estimate of drug-likeness (QED) is 0.275. The minimum Gasteiger partial charge on any atom is -0.507 e. The third-order valence-corrected chi connectivity index (χ3v) is 6.08. The maximum atomic E-state index is 13.5. The number of aliphatic hydroxyl groups is 1. The van der Waals surface area contributed by atoms with Gasteiger partial charge in [-0.2, -0.15) is 0 Å². The Bertz CT molecular complexity index is 1340. The summed E-state index contributed by atoms with van der Waals surface area (Å²) in [5.74, 6) is -0.252. The number of amides is 1. The second-order valence-electron chi connectivity index (χ2n) is 8.59. The lowest BCUT2D eigenvalue weighted by molar-refractivity contribution is -0.132. The van der Waals surface area contributed by atoms with Gasteiger partial charge in [-0.25, -0.2) is 0 Å². The van der Waals surface area contributed by atoms with Crippen molar-refractivity contribution in [3.8, 4) is 17.2 Å². The maximum Gasteiger partial charge on any atom is 0.300 e. The molecule has 0 radical (unpaired) electrons. The lowest BCUT2D eigenvalue weighted by atomic mass is 9.94. The molecular formula is C29H29NO6. The lowest BCUT2D eigenvalue weighted by Crippen LogP contribution is -2.29. The first-order valence-corrected chi connectivity index (χ1v) is 11.6. The van der Waals surface area contributed by atoms with E-state index in [2.05, 4.69) is 0 Å². The molecule has 3 aromatic carbocycles. The topological polar surface area (TPSA) is 85.3 Å². The van der Waals surface area contributed by atoms with Gasteiger partial charge in [0, 0.05) is 11.3 Å². The number of aryl methyl sites for hydroxylation is 2. The van der Waals surface area contributed by atoms with Crippen LogP contribution in [0.5, 0.6) is 17.2 Å². The normalized spacial score (nSPS) is 16.8. The molecule has 4 rings (SSSR count). The standard InChI is InChI=1S/C29H29NO6/c1-6-36-24-16-19(10-11-23(24)35-5)26-25(27(31)20-8-7-9-22(15-20)34-4)28(32)29(33)30(26)21-13-17(2)12-18(3)14-21/h7-16,26,31H,6H2,1-5H3/b27-25-. The number of carbonyl (C=O) groups is 2. The Hall–Kier alpha value is -4.26. The largest absolute Gasteiger partial charge is 0.507 e. The van der Waals surface area contributed by atoms with E-state index in [1.807, 2.05) is 39.0 Å². The van der Waals surface area contributed by atoms with Crippen LogP contribution in [0.4, 0.5) is 5.69 Å². The average Bonchev–Trinajstić information content (AvgIpc) is 3.13. The highest BCUT2D eigenvalue weighted by molar-refractivity contribution is 6.51. The molecule has 186 valence electrons. The summed E-state index contributed by atoms with van der Waals surface area (Å²) in [4.78, 5) is 28.4. The van der Waals surface area contributed by atoms with Crippen LogP contribution < -0.4 is 19.1 Å². The van der Waals surface area contributed by atoms with Crippen molar-refractivity contribution in [2.75, 3.05) is 25.7 Å². The Kier molecular flexibility index (Phi) is 7.01. The molecule has 1 atom stereocenters. The van der Waals surface area contributed by atoms with Crippen molar-refractivity contribution in [2.24, 2.45) is 0 Å². The van der Waals surface area contributed by atoms with Gasteiger partial charge in [-0.1, -0.05) is 24.3 Å². The van der Waals surface area contributed by atoms with Gasteiger partial charge in [0.2, 0.25) is 0 Å². The number of hydrogen-bond acceptors (Lipinski definition) is 6. The summed E-state index contributed by atoms with van der Waals surface area (Å²) in [7, 11) is 3.06. The summed E-state index contributed by atoms with van der Waals surface area (Å²) in [6, 6.07) is 16.8. The Morgan fingerprint density at radius 2 is 1.64 bits per heavy atom. The van der Waals surface area contributed by atoms with Gasteiger partial charge in [0.1, 0.15) is 11.5 Å². The van der Waals surface area contributed by atoms with Crippen LogP contribution in [-0.2, 0) is 9.59 Å². The van der Waals surface area contributed by atoms with E-state index in [-0.39, 0.29) is 11.3 Å². The second kappa shape index (κ2) is 10.2. The zero-order valence-electron chi connectivity index (χ0n) is 21.0. The predicted octanol–water partition coefficient (Wildman–Crippen LogP) is 5.35. The van der Waals surface area contributed by atoms with E-state index in [1.54, 1.807) is 49.6 Å². The number of benzene rings is 3. The highest BCUT2D eigenvalue weighted by Crippen LogP contribution is 2.44. The van der Waals surface area contributed by atoms with Gasteiger partial charge in [-0.05, 0) is 73.9 Å². The smallest absolute Gasteiger partial charge is 0.300 e. The predicted molar refractivity (Wildman–Crippen MR) is 138 cm³/mol. The van der Waals surface area contributed by atoms with Crippen molar-refractivity contribution >= 4 is 23.1 Å². The lowest BCUT2D eigenvalue weighted by Gasteiger charge is -2.27. The zero-order valence-corrected chi connectivity index (χ0v) is 21.0. The molecule has 1 N–H and O–H groups in total. The summed E-state index contributed by atoms with van der Waals surface area (Å²) in [5.41, 5.74) is 3.42. The van der Waals surface area contributed by atoms with Crippen LogP contribution >= 0.6 is 0 Å². The molecule has 1 aliphatic heterocycles. The van der Waals surface area contributed by atoms with Crippen molar-refractivity contribution in [1.82, 2.24) is 0 Å². The first-order chi connectivity index (χ1) is 17.3. The van der Waals surface area contributed by atoms with E-state index >= 15 is 0 Å². The molecule has 1 unspecified atom stereocenters. The molecule has 1 amide bonds. The summed E-state index contributed by atoms with van der Waals surface area (Å²) in [6.07, 6.45) is 0. The monoisotopic (exact) mass is 487 g/mol. The van der Waals surface area contributed by atoms with Gasteiger partial charge in [0.05, 0.1) is 32.4 Å². The van der Waals surface area contributed by atoms with Crippen LogP contribution in [0.25, 0.3) is 5.76 Å². The Labute approximate surface area is 210 Å². The third-order valence-electron chi connectivity index (χ3n) is 6.08. The summed E-state index contributed by atoms with van der Waals surface area (Å²) in [5, 5.41) is 11.4. The van der Waals surface area contributed by atoms with Crippen LogP contribution in [0.15, 0.2) is 66.2 Å². The molecule has 36 heavy (non-hydrogen) atoms. The van der Waals surface area contributed by atoms with E-state index in [4.69, 9.17) is 14.2 Å². The number of ketones is 1. The first kappa shape index (κ1) is 24.9. The number of nitrogens with zero attached hydrogens (tertiary/aromatic N) is 1. The van der Waals surface area contributed by atoms with Crippen LogP contribution in [0.1, 0.15) is 35.2 Å². The molecule has 7 heteroatoms. The van der Waals surface area contributed by atoms with Crippen LogP contribution in [-0.4, -0.2) is 37.6 Å². The molecule has 0 bridgehead atoms. The van der Waals surface area contributed by atoms with Gasteiger partial charge < -0.3 is 19.3 Å². The molecule has 1 saturated heterocycles. The number of hydrogen-bond donors (Lipinski definition) is 1. The Morgan fingerprint density at radius 1 is 0.917 bits per heavy atom. The number of Topliss-reactive ketones (excluding diaryl/α,β-unsaturated/α-hetero) is 1. The summed E-state index contributed by atoms with van der Waals surface area (Å²) >= 11 is 0. The number of rotatable bonds is 7. The molecule has 0 spiro atoms. The van der Waals surface area contributed by atoms with E-state index in [1.165, 1.54) is 12.0 Å². The highest BCUT2D eigenvalue weighted by Gasteiger charge is 2.47. The highest BCUT2D eigenvalue weighted by atomic mass is 16.5. The molecule has 0 saturated carbocycles. The second-order valence-corrected chi connectivity index (χ2v) is 8.59. The molecule has 1 fully saturated rings. The summed E-state index contributed by atoms with van der Waals surface area (Å²) < 4.78 is 16.5. The van der Waals surface area contributed by atoms with Gasteiger partial charge >= 0.3 is 0 Å². The van der Waals surface area contributed by atoms with E-state index < -0.39 is 17.7 Å².